The number of halogens is 3. The van der Waals surface area contributed by atoms with Gasteiger partial charge in [-0.2, -0.15) is 4.98 Å². The van der Waals surface area contributed by atoms with Gasteiger partial charge in [0.05, 0.1) is 12.1 Å². The van der Waals surface area contributed by atoms with E-state index in [9.17, 15) is 18.0 Å². The van der Waals surface area contributed by atoms with Crippen molar-refractivity contribution in [2.45, 2.75) is 32.7 Å². The zero-order valence-corrected chi connectivity index (χ0v) is 14.8. The predicted molar refractivity (Wildman–Crippen MR) is 89.6 cm³/mol. The molecule has 0 bridgehead atoms. The molecule has 2 aromatic rings. The lowest BCUT2D eigenvalue weighted by Crippen LogP contribution is -2.32. The number of ether oxygens (including phenoxy) is 2. The first-order chi connectivity index (χ1) is 12.7. The molecule has 2 heterocycles. The quantitative estimate of drug-likeness (QED) is 0.813. The summed E-state index contributed by atoms with van der Waals surface area (Å²) >= 11 is 0. The minimum Gasteiger partial charge on any atom is -0.472 e. The van der Waals surface area contributed by atoms with Gasteiger partial charge in [-0.3, -0.25) is 4.79 Å². The molecule has 1 aliphatic heterocycles. The second kappa shape index (κ2) is 7.42. The molecule has 0 aliphatic carbocycles. The zero-order chi connectivity index (χ0) is 19.6. The van der Waals surface area contributed by atoms with Crippen LogP contribution in [0.15, 0.2) is 30.3 Å². The summed E-state index contributed by atoms with van der Waals surface area (Å²) in [6, 6.07) is 7.01. The Labute approximate surface area is 153 Å². The fourth-order valence-electron chi connectivity index (χ4n) is 2.95. The van der Waals surface area contributed by atoms with Gasteiger partial charge in [-0.1, -0.05) is 12.1 Å². The molecule has 0 N–H and O–H groups in total. The van der Waals surface area contributed by atoms with Crippen molar-refractivity contribution in [2.24, 2.45) is 0 Å². The molecule has 0 unspecified atom stereocenters. The molecule has 0 saturated carbocycles. The Bertz CT molecular complexity index is 822. The van der Waals surface area contributed by atoms with Gasteiger partial charge in [-0.05, 0) is 26.0 Å². The van der Waals surface area contributed by atoms with Crippen molar-refractivity contribution in [1.82, 2.24) is 14.9 Å². The first-order valence-corrected chi connectivity index (χ1v) is 8.34. The van der Waals surface area contributed by atoms with Crippen molar-refractivity contribution in [1.29, 1.82) is 0 Å². The minimum atomic E-state index is -4.87. The molecule has 27 heavy (non-hydrogen) atoms. The fourth-order valence-corrected chi connectivity index (χ4v) is 2.95. The van der Waals surface area contributed by atoms with Crippen molar-refractivity contribution in [3.05, 3.63) is 47.4 Å². The van der Waals surface area contributed by atoms with Gasteiger partial charge in [0.25, 0.3) is 5.91 Å². The highest BCUT2D eigenvalue weighted by Crippen LogP contribution is 2.28. The average molecular weight is 381 g/mol. The molecule has 9 heteroatoms. The van der Waals surface area contributed by atoms with Crippen LogP contribution in [0.1, 0.15) is 28.3 Å². The maximum absolute atomic E-state index is 12.7. The fraction of sp³-hybridized carbons (Fsp3) is 0.389. The number of likely N-dealkylation sites (tertiary alicyclic amines) is 1. The number of hydrogen-bond acceptors (Lipinski definition) is 5. The largest absolute Gasteiger partial charge is 0.573 e. The SMILES string of the molecule is Cc1cc(O[C@@H]2CCN(C(=O)c3ccccc3OC(F)(F)F)C2)nc(C)n1. The number of aryl methyl sites for hydroxylation is 2. The van der Waals surface area contributed by atoms with Gasteiger partial charge in [0.15, 0.2) is 0 Å². The molecular weight excluding hydrogens is 363 g/mol. The lowest BCUT2D eigenvalue weighted by atomic mass is 10.2. The van der Waals surface area contributed by atoms with Crippen molar-refractivity contribution >= 4 is 5.91 Å². The number of alkyl halides is 3. The third kappa shape index (κ3) is 4.87. The minimum absolute atomic E-state index is 0.135. The van der Waals surface area contributed by atoms with Crippen LogP contribution in [0.2, 0.25) is 0 Å². The second-order valence-electron chi connectivity index (χ2n) is 6.22. The van der Waals surface area contributed by atoms with Crippen LogP contribution in [0.25, 0.3) is 0 Å². The van der Waals surface area contributed by atoms with Crippen LogP contribution >= 0.6 is 0 Å². The molecule has 1 amide bonds. The Kier molecular flexibility index (Phi) is 5.20. The molecule has 1 aromatic carbocycles. The van der Waals surface area contributed by atoms with Crippen LogP contribution < -0.4 is 9.47 Å². The van der Waals surface area contributed by atoms with Crippen LogP contribution in [-0.4, -0.2) is 46.3 Å². The van der Waals surface area contributed by atoms with Gasteiger partial charge in [-0.25, -0.2) is 4.98 Å². The highest BCUT2D eigenvalue weighted by atomic mass is 19.4. The highest BCUT2D eigenvalue weighted by Gasteiger charge is 2.35. The summed E-state index contributed by atoms with van der Waals surface area (Å²) in [6.07, 6.45) is -4.61. The first kappa shape index (κ1) is 18.9. The lowest BCUT2D eigenvalue weighted by molar-refractivity contribution is -0.274. The average Bonchev–Trinajstić information content (AvgIpc) is 3.00. The number of nitrogens with zero attached hydrogens (tertiary/aromatic N) is 3. The summed E-state index contributed by atoms with van der Waals surface area (Å²) in [5, 5.41) is 0. The van der Waals surface area contributed by atoms with E-state index in [4.69, 9.17) is 4.74 Å². The molecule has 3 rings (SSSR count). The first-order valence-electron chi connectivity index (χ1n) is 8.34. The van der Waals surface area contributed by atoms with Crippen LogP contribution in [0.3, 0.4) is 0 Å². The molecule has 1 atom stereocenters. The van der Waals surface area contributed by atoms with E-state index in [1.165, 1.54) is 23.1 Å². The number of aromatic nitrogens is 2. The number of hydrogen-bond donors (Lipinski definition) is 0. The van der Waals surface area contributed by atoms with Crippen LogP contribution in [-0.2, 0) is 0 Å². The third-order valence-electron chi connectivity index (χ3n) is 4.01. The van der Waals surface area contributed by atoms with Crippen LogP contribution in [0, 0.1) is 13.8 Å². The van der Waals surface area contributed by atoms with Gasteiger partial charge in [0, 0.05) is 24.7 Å². The molecule has 1 saturated heterocycles. The zero-order valence-electron chi connectivity index (χ0n) is 14.8. The van der Waals surface area contributed by atoms with E-state index in [2.05, 4.69) is 14.7 Å². The molecule has 1 fully saturated rings. The third-order valence-corrected chi connectivity index (χ3v) is 4.01. The Morgan fingerprint density at radius 3 is 2.67 bits per heavy atom. The summed E-state index contributed by atoms with van der Waals surface area (Å²) in [6.45, 7) is 4.19. The maximum atomic E-state index is 12.7. The van der Waals surface area contributed by atoms with Gasteiger partial charge < -0.3 is 14.4 Å². The van der Waals surface area contributed by atoms with E-state index >= 15 is 0 Å². The van der Waals surface area contributed by atoms with E-state index in [0.717, 1.165) is 11.8 Å². The van der Waals surface area contributed by atoms with Crippen molar-refractivity contribution in [3.8, 4) is 11.6 Å². The van der Waals surface area contributed by atoms with E-state index in [1.54, 1.807) is 13.0 Å². The summed E-state index contributed by atoms with van der Waals surface area (Å²) in [5.74, 6) is -0.0494. The van der Waals surface area contributed by atoms with Crippen molar-refractivity contribution < 1.29 is 27.4 Å². The Morgan fingerprint density at radius 1 is 1.22 bits per heavy atom. The standard InChI is InChI=1S/C18H18F3N3O3/c1-11-9-16(23-12(2)22-11)26-13-7-8-24(10-13)17(25)14-5-3-4-6-15(14)27-18(19,20)21/h3-6,9,13H,7-8,10H2,1-2H3/t13-/m1/s1. The smallest absolute Gasteiger partial charge is 0.472 e. The number of rotatable bonds is 4. The maximum Gasteiger partial charge on any atom is 0.573 e. The van der Waals surface area contributed by atoms with Crippen molar-refractivity contribution in [2.75, 3.05) is 13.1 Å². The lowest BCUT2D eigenvalue weighted by Gasteiger charge is -2.19. The molecule has 1 aromatic heterocycles. The summed E-state index contributed by atoms with van der Waals surface area (Å²) < 4.78 is 47.4. The van der Waals surface area contributed by atoms with Gasteiger partial charge in [0.1, 0.15) is 17.7 Å². The molecule has 6 nitrogen and oxygen atoms in total. The monoisotopic (exact) mass is 381 g/mol. The molecule has 0 radical (unpaired) electrons. The van der Waals surface area contributed by atoms with Crippen LogP contribution in [0.5, 0.6) is 11.6 Å². The summed E-state index contributed by atoms with van der Waals surface area (Å²) in [7, 11) is 0. The Balaban J connectivity index is 1.69. The van der Waals surface area contributed by atoms with E-state index in [-0.39, 0.29) is 18.2 Å². The van der Waals surface area contributed by atoms with E-state index in [0.29, 0.717) is 24.7 Å². The van der Waals surface area contributed by atoms with Gasteiger partial charge >= 0.3 is 6.36 Å². The van der Waals surface area contributed by atoms with E-state index < -0.39 is 18.0 Å². The molecular formula is C18H18F3N3O3. The second-order valence-corrected chi connectivity index (χ2v) is 6.22. The Hall–Kier alpha value is -2.84. The number of para-hydroxylation sites is 1. The van der Waals surface area contributed by atoms with E-state index in [1.807, 2.05) is 6.92 Å². The number of carbonyl (C=O) groups is 1. The topological polar surface area (TPSA) is 64.5 Å². The molecule has 0 spiro atoms. The van der Waals surface area contributed by atoms with Crippen molar-refractivity contribution in [3.63, 3.8) is 0 Å². The number of amides is 1. The number of benzene rings is 1. The summed E-state index contributed by atoms with van der Waals surface area (Å²) in [4.78, 5) is 22.5. The highest BCUT2D eigenvalue weighted by molar-refractivity contribution is 5.97. The molecule has 1 aliphatic rings. The summed E-state index contributed by atoms with van der Waals surface area (Å²) in [5.41, 5.74) is 0.630. The normalized spacial score (nSPS) is 17.1. The predicted octanol–water partition coefficient (Wildman–Crippen LogP) is 3.29. The van der Waals surface area contributed by atoms with Crippen LogP contribution in [0.4, 0.5) is 13.2 Å². The van der Waals surface area contributed by atoms with Gasteiger partial charge in [0.2, 0.25) is 5.88 Å². The number of carbonyl (C=O) groups excluding carboxylic acids is 1. The van der Waals surface area contributed by atoms with Gasteiger partial charge in [-0.15, -0.1) is 13.2 Å². The Morgan fingerprint density at radius 2 is 1.96 bits per heavy atom. The molecule has 144 valence electrons.